The van der Waals surface area contributed by atoms with Crippen LogP contribution >= 0.6 is 0 Å². The SMILES string of the molecule is CCN(Cc1ccc2c(c1)OCO2)C(=O)CN1C(=O)NC(C)(c2cccc([N+](=O)[O-])c2)C1=O. The highest BCUT2D eigenvalue weighted by Gasteiger charge is 2.50. The molecule has 1 N–H and O–H groups in total. The highest BCUT2D eigenvalue weighted by Crippen LogP contribution is 2.33. The van der Waals surface area contributed by atoms with Gasteiger partial charge < -0.3 is 19.7 Å². The average Bonchev–Trinajstić information content (AvgIpc) is 3.35. The van der Waals surface area contributed by atoms with E-state index >= 15 is 0 Å². The van der Waals surface area contributed by atoms with Gasteiger partial charge in [-0.1, -0.05) is 18.2 Å². The lowest BCUT2D eigenvalue weighted by Crippen LogP contribution is -2.44. The predicted molar refractivity (Wildman–Crippen MR) is 114 cm³/mol. The maximum Gasteiger partial charge on any atom is 0.325 e. The molecule has 0 aromatic heterocycles. The summed E-state index contributed by atoms with van der Waals surface area (Å²) in [5.74, 6) is 0.160. The lowest BCUT2D eigenvalue weighted by atomic mass is 9.91. The Balaban J connectivity index is 1.49. The summed E-state index contributed by atoms with van der Waals surface area (Å²) in [6.45, 7) is 3.57. The Morgan fingerprint density at radius 3 is 2.70 bits per heavy atom. The Bertz CT molecular complexity index is 1150. The number of hydrogen-bond donors (Lipinski definition) is 1. The number of amides is 4. The standard InChI is InChI=1S/C22H22N4O7/c1-3-24(11-14-7-8-17-18(9-14)33-13-32-17)19(27)12-25-20(28)22(2,23-21(25)29)15-5-4-6-16(10-15)26(30)31/h4-10H,3,11-13H2,1-2H3,(H,23,29). The average molecular weight is 454 g/mol. The third kappa shape index (κ3) is 4.04. The number of rotatable bonds is 7. The predicted octanol–water partition coefficient (Wildman–Crippen LogP) is 2.14. The molecule has 1 fully saturated rings. The van der Waals surface area contributed by atoms with Crippen LogP contribution in [0.4, 0.5) is 10.5 Å². The third-order valence-corrected chi connectivity index (χ3v) is 5.75. The van der Waals surface area contributed by atoms with E-state index in [0.29, 0.717) is 18.0 Å². The molecule has 33 heavy (non-hydrogen) atoms. The van der Waals surface area contributed by atoms with Crippen molar-refractivity contribution in [2.45, 2.75) is 25.9 Å². The van der Waals surface area contributed by atoms with E-state index in [2.05, 4.69) is 5.32 Å². The van der Waals surface area contributed by atoms with Crippen LogP contribution in [0.3, 0.4) is 0 Å². The second-order valence-corrected chi connectivity index (χ2v) is 7.85. The van der Waals surface area contributed by atoms with Crippen LogP contribution in [-0.2, 0) is 21.7 Å². The zero-order valence-electron chi connectivity index (χ0n) is 18.1. The van der Waals surface area contributed by atoms with Crippen molar-refractivity contribution < 1.29 is 28.8 Å². The van der Waals surface area contributed by atoms with Crippen molar-refractivity contribution in [3.8, 4) is 11.5 Å². The summed E-state index contributed by atoms with van der Waals surface area (Å²) in [4.78, 5) is 51.5. The molecule has 2 aliphatic rings. The summed E-state index contributed by atoms with van der Waals surface area (Å²) >= 11 is 0. The molecule has 2 heterocycles. The number of imide groups is 1. The maximum absolute atomic E-state index is 13.1. The minimum atomic E-state index is -1.52. The molecule has 1 unspecified atom stereocenters. The van der Waals surface area contributed by atoms with Crippen LogP contribution in [0.2, 0.25) is 0 Å². The minimum Gasteiger partial charge on any atom is -0.454 e. The highest BCUT2D eigenvalue weighted by atomic mass is 16.7. The van der Waals surface area contributed by atoms with E-state index in [0.717, 1.165) is 10.5 Å². The van der Waals surface area contributed by atoms with Crippen LogP contribution in [0, 0.1) is 10.1 Å². The van der Waals surface area contributed by atoms with Crippen molar-refractivity contribution in [3.63, 3.8) is 0 Å². The Morgan fingerprint density at radius 1 is 1.21 bits per heavy atom. The number of carbonyl (C=O) groups excluding carboxylic acids is 3. The molecule has 0 saturated carbocycles. The molecule has 11 heteroatoms. The first-order valence-electron chi connectivity index (χ1n) is 10.3. The molecular weight excluding hydrogens is 432 g/mol. The van der Waals surface area contributed by atoms with Gasteiger partial charge in [0, 0.05) is 25.2 Å². The number of nitrogens with one attached hydrogen (secondary N) is 1. The van der Waals surface area contributed by atoms with Crippen LogP contribution in [0.5, 0.6) is 11.5 Å². The van der Waals surface area contributed by atoms with Gasteiger partial charge in [-0.15, -0.1) is 0 Å². The van der Waals surface area contributed by atoms with Crippen LogP contribution < -0.4 is 14.8 Å². The van der Waals surface area contributed by atoms with Crippen LogP contribution in [0.25, 0.3) is 0 Å². The van der Waals surface area contributed by atoms with Gasteiger partial charge in [-0.05, 0) is 37.1 Å². The Labute approximate surface area is 189 Å². The van der Waals surface area contributed by atoms with Crippen molar-refractivity contribution >= 4 is 23.5 Å². The fraction of sp³-hybridized carbons (Fsp3) is 0.318. The molecular formula is C22H22N4O7. The van der Waals surface area contributed by atoms with Gasteiger partial charge in [-0.25, -0.2) is 4.79 Å². The van der Waals surface area contributed by atoms with Gasteiger partial charge in [0.2, 0.25) is 12.7 Å². The third-order valence-electron chi connectivity index (χ3n) is 5.75. The van der Waals surface area contributed by atoms with Crippen LogP contribution in [0.15, 0.2) is 42.5 Å². The maximum atomic E-state index is 13.1. The van der Waals surface area contributed by atoms with E-state index < -0.39 is 34.9 Å². The molecule has 0 bridgehead atoms. The number of benzene rings is 2. The Hall–Kier alpha value is -4.15. The lowest BCUT2D eigenvalue weighted by Gasteiger charge is -2.24. The molecule has 11 nitrogen and oxygen atoms in total. The van der Waals surface area contributed by atoms with E-state index in [9.17, 15) is 24.5 Å². The lowest BCUT2D eigenvalue weighted by molar-refractivity contribution is -0.385. The van der Waals surface area contributed by atoms with Gasteiger partial charge in [0.05, 0.1) is 4.92 Å². The van der Waals surface area contributed by atoms with Crippen molar-refractivity contribution in [2.24, 2.45) is 0 Å². The monoisotopic (exact) mass is 454 g/mol. The molecule has 2 aromatic carbocycles. The number of ether oxygens (including phenoxy) is 2. The molecule has 2 aliphatic heterocycles. The van der Waals surface area contributed by atoms with Gasteiger partial charge in [0.1, 0.15) is 12.1 Å². The summed E-state index contributed by atoms with van der Waals surface area (Å²) in [6, 6.07) is 10.1. The van der Waals surface area contributed by atoms with E-state index in [1.807, 2.05) is 6.07 Å². The van der Waals surface area contributed by atoms with Gasteiger partial charge >= 0.3 is 6.03 Å². The summed E-state index contributed by atoms with van der Waals surface area (Å²) in [5.41, 5.74) is -0.644. The molecule has 0 aliphatic carbocycles. The molecule has 4 amide bonds. The fourth-order valence-electron chi connectivity index (χ4n) is 3.84. The number of fused-ring (bicyclic) bond motifs is 1. The first kappa shape index (κ1) is 22.1. The molecule has 172 valence electrons. The number of nitro groups is 1. The number of likely N-dealkylation sites (N-methyl/N-ethyl adjacent to an activating group) is 1. The number of nitrogens with zero attached hydrogens (tertiary/aromatic N) is 3. The number of hydrogen-bond acceptors (Lipinski definition) is 7. The molecule has 1 atom stereocenters. The Kier molecular flexibility index (Phi) is 5.62. The van der Waals surface area contributed by atoms with E-state index in [-0.39, 0.29) is 24.6 Å². The van der Waals surface area contributed by atoms with Gasteiger partial charge in [0.15, 0.2) is 11.5 Å². The normalized spacial score (nSPS) is 18.9. The summed E-state index contributed by atoms with van der Waals surface area (Å²) in [6.07, 6.45) is 0. The highest BCUT2D eigenvalue weighted by molar-refractivity contribution is 6.09. The number of carbonyl (C=O) groups is 3. The topological polar surface area (TPSA) is 131 Å². The molecule has 0 radical (unpaired) electrons. The van der Waals surface area contributed by atoms with Gasteiger partial charge in [0.25, 0.3) is 11.6 Å². The van der Waals surface area contributed by atoms with Gasteiger partial charge in [-0.3, -0.25) is 24.6 Å². The largest absolute Gasteiger partial charge is 0.454 e. The number of non-ortho nitro benzene ring substituents is 1. The smallest absolute Gasteiger partial charge is 0.325 e. The van der Waals surface area contributed by atoms with Gasteiger partial charge in [-0.2, -0.15) is 0 Å². The van der Waals surface area contributed by atoms with E-state index in [1.54, 1.807) is 19.1 Å². The summed E-state index contributed by atoms with van der Waals surface area (Å²) < 4.78 is 10.7. The second kappa shape index (κ2) is 8.41. The summed E-state index contributed by atoms with van der Waals surface area (Å²) in [5, 5.41) is 13.7. The van der Waals surface area contributed by atoms with E-state index in [4.69, 9.17) is 9.47 Å². The van der Waals surface area contributed by atoms with Crippen molar-refractivity contribution in [2.75, 3.05) is 19.9 Å². The van der Waals surface area contributed by atoms with Crippen molar-refractivity contribution in [1.82, 2.24) is 15.1 Å². The fourth-order valence-corrected chi connectivity index (χ4v) is 3.84. The van der Waals surface area contributed by atoms with Crippen molar-refractivity contribution in [1.29, 1.82) is 0 Å². The first-order chi connectivity index (χ1) is 15.7. The van der Waals surface area contributed by atoms with Crippen LogP contribution in [-0.4, -0.2) is 52.5 Å². The zero-order chi connectivity index (χ0) is 23.8. The Morgan fingerprint density at radius 2 is 1.97 bits per heavy atom. The number of urea groups is 1. The molecule has 2 aromatic rings. The van der Waals surface area contributed by atoms with E-state index in [1.165, 1.54) is 36.1 Å². The molecule has 0 spiro atoms. The quantitative estimate of drug-likeness (QED) is 0.385. The molecule has 1 saturated heterocycles. The second-order valence-electron chi connectivity index (χ2n) is 7.85. The molecule has 4 rings (SSSR count). The number of nitro benzene ring substituents is 1. The van der Waals surface area contributed by atoms with Crippen LogP contribution in [0.1, 0.15) is 25.0 Å². The first-order valence-corrected chi connectivity index (χ1v) is 10.3. The van der Waals surface area contributed by atoms with Crippen molar-refractivity contribution in [3.05, 3.63) is 63.7 Å². The summed E-state index contributed by atoms with van der Waals surface area (Å²) in [7, 11) is 0. The zero-order valence-corrected chi connectivity index (χ0v) is 18.1. The minimum absolute atomic E-state index is 0.144.